The van der Waals surface area contributed by atoms with Crippen molar-refractivity contribution in [1.82, 2.24) is 19.8 Å². The van der Waals surface area contributed by atoms with Gasteiger partial charge in [-0.25, -0.2) is 4.98 Å². The number of rotatable bonds is 1. The Morgan fingerprint density at radius 3 is 2.82 bits per heavy atom. The maximum Gasteiger partial charge on any atom is 0.449 e. The van der Waals surface area contributed by atoms with E-state index < -0.39 is 17.9 Å². The maximum absolute atomic E-state index is 13.1. The zero-order chi connectivity index (χ0) is 15.9. The smallest absolute Gasteiger partial charge is 0.336 e. The molecule has 3 N–H and O–H groups in total. The number of halogens is 3. The van der Waals surface area contributed by atoms with E-state index in [0.717, 1.165) is 17.4 Å². The number of piperidine rings is 1. The zero-order valence-corrected chi connectivity index (χ0v) is 12.0. The molecule has 0 aliphatic carbocycles. The Balaban J connectivity index is 1.96. The van der Waals surface area contributed by atoms with Crippen molar-refractivity contribution in [3.05, 3.63) is 17.2 Å². The van der Waals surface area contributed by atoms with Gasteiger partial charge in [-0.1, -0.05) is 0 Å². The van der Waals surface area contributed by atoms with Gasteiger partial charge < -0.3 is 20.5 Å². The van der Waals surface area contributed by atoms with Crippen LogP contribution < -0.4 is 11.1 Å². The van der Waals surface area contributed by atoms with Gasteiger partial charge in [-0.2, -0.15) is 13.2 Å². The van der Waals surface area contributed by atoms with Crippen LogP contribution in [0.1, 0.15) is 34.8 Å². The Kier molecular flexibility index (Phi) is 3.85. The van der Waals surface area contributed by atoms with Crippen molar-refractivity contribution in [2.45, 2.75) is 38.1 Å². The lowest BCUT2D eigenvalue weighted by atomic mass is 10.1. The molecule has 3 rings (SSSR count). The van der Waals surface area contributed by atoms with Gasteiger partial charge in [-0.05, 0) is 12.8 Å². The third-order valence-electron chi connectivity index (χ3n) is 4.08. The summed E-state index contributed by atoms with van der Waals surface area (Å²) >= 11 is 0. The number of imidazole rings is 1. The van der Waals surface area contributed by atoms with Crippen molar-refractivity contribution in [1.29, 1.82) is 0 Å². The van der Waals surface area contributed by atoms with E-state index in [1.165, 1.54) is 4.90 Å². The molecular formula is C13H18F3N5O. The first kappa shape index (κ1) is 15.3. The average Bonchev–Trinajstić information content (AvgIpc) is 2.86. The Morgan fingerprint density at radius 2 is 2.14 bits per heavy atom. The van der Waals surface area contributed by atoms with E-state index in [-0.39, 0.29) is 24.8 Å². The van der Waals surface area contributed by atoms with Crippen molar-refractivity contribution in [2.75, 3.05) is 19.6 Å². The number of nitrogens with zero attached hydrogens (tertiary/aromatic N) is 3. The van der Waals surface area contributed by atoms with Gasteiger partial charge >= 0.3 is 6.18 Å². The minimum Gasteiger partial charge on any atom is -0.336 e. The number of amides is 1. The summed E-state index contributed by atoms with van der Waals surface area (Å²) in [4.78, 5) is 17.7. The van der Waals surface area contributed by atoms with Crippen molar-refractivity contribution in [3.8, 4) is 0 Å². The second-order valence-corrected chi connectivity index (χ2v) is 5.71. The second-order valence-electron chi connectivity index (χ2n) is 5.71. The number of nitrogens with two attached hydrogens (primary N) is 1. The number of aromatic nitrogens is 2. The molecule has 1 fully saturated rings. The Bertz CT molecular complexity index is 583. The summed E-state index contributed by atoms with van der Waals surface area (Å²) in [6.07, 6.45) is -2.99. The molecule has 0 bridgehead atoms. The van der Waals surface area contributed by atoms with Crippen molar-refractivity contribution >= 4 is 5.91 Å². The van der Waals surface area contributed by atoms with Crippen molar-refractivity contribution in [2.24, 2.45) is 5.73 Å². The lowest BCUT2D eigenvalue weighted by Crippen LogP contribution is -2.46. The monoisotopic (exact) mass is 317 g/mol. The first-order chi connectivity index (χ1) is 10.4. The predicted molar refractivity (Wildman–Crippen MR) is 72.0 cm³/mol. The SMILES string of the molecule is NC1CCCN(C(=O)c2nc(C(F)(F)F)n3c2CNCC3)C1. The van der Waals surface area contributed by atoms with E-state index in [1.807, 2.05) is 0 Å². The third kappa shape index (κ3) is 2.70. The van der Waals surface area contributed by atoms with Gasteiger partial charge in [0.25, 0.3) is 5.91 Å². The quantitative estimate of drug-likeness (QED) is 0.794. The molecule has 122 valence electrons. The van der Waals surface area contributed by atoms with Gasteiger partial charge in [-0.3, -0.25) is 4.79 Å². The van der Waals surface area contributed by atoms with Gasteiger partial charge in [0.05, 0.1) is 5.69 Å². The highest BCUT2D eigenvalue weighted by Gasteiger charge is 2.41. The van der Waals surface area contributed by atoms with Gasteiger partial charge in [0.15, 0.2) is 5.69 Å². The summed E-state index contributed by atoms with van der Waals surface area (Å²) < 4.78 is 40.4. The van der Waals surface area contributed by atoms with Crippen LogP contribution in [0, 0.1) is 0 Å². The molecule has 1 aromatic rings. The van der Waals surface area contributed by atoms with Gasteiger partial charge in [-0.15, -0.1) is 0 Å². The number of carbonyl (C=O) groups is 1. The summed E-state index contributed by atoms with van der Waals surface area (Å²) in [5.74, 6) is -1.45. The number of likely N-dealkylation sites (tertiary alicyclic amines) is 1. The molecule has 0 saturated carbocycles. The summed E-state index contributed by atoms with van der Waals surface area (Å²) in [5.41, 5.74) is 6.05. The molecule has 9 heteroatoms. The fourth-order valence-corrected chi connectivity index (χ4v) is 3.04. The maximum atomic E-state index is 13.1. The third-order valence-corrected chi connectivity index (χ3v) is 4.08. The summed E-state index contributed by atoms with van der Waals surface area (Å²) in [7, 11) is 0. The molecule has 0 radical (unpaired) electrons. The van der Waals surface area contributed by atoms with Gasteiger partial charge in [0.2, 0.25) is 5.82 Å². The number of hydrogen-bond acceptors (Lipinski definition) is 4. The van der Waals surface area contributed by atoms with Crippen LogP contribution in [0.15, 0.2) is 0 Å². The van der Waals surface area contributed by atoms with E-state index in [0.29, 0.717) is 25.3 Å². The number of nitrogens with one attached hydrogen (secondary N) is 1. The lowest BCUT2D eigenvalue weighted by molar-refractivity contribution is -0.147. The van der Waals surface area contributed by atoms with Crippen LogP contribution in [-0.2, 0) is 19.3 Å². The van der Waals surface area contributed by atoms with Crippen LogP contribution in [0.25, 0.3) is 0 Å². The topological polar surface area (TPSA) is 76.2 Å². The van der Waals surface area contributed by atoms with E-state index in [1.54, 1.807) is 0 Å². The molecule has 1 atom stereocenters. The molecule has 1 saturated heterocycles. The van der Waals surface area contributed by atoms with E-state index in [9.17, 15) is 18.0 Å². The highest BCUT2D eigenvalue weighted by molar-refractivity contribution is 5.93. The molecule has 0 aromatic carbocycles. The van der Waals surface area contributed by atoms with E-state index in [4.69, 9.17) is 5.73 Å². The summed E-state index contributed by atoms with van der Waals surface area (Å²) in [6.45, 7) is 1.66. The second kappa shape index (κ2) is 5.54. The lowest BCUT2D eigenvalue weighted by Gasteiger charge is -2.30. The van der Waals surface area contributed by atoms with Crippen LogP contribution >= 0.6 is 0 Å². The number of alkyl halides is 3. The van der Waals surface area contributed by atoms with Crippen LogP contribution in [0.5, 0.6) is 0 Å². The first-order valence-corrected chi connectivity index (χ1v) is 7.30. The molecule has 2 aliphatic rings. The standard InChI is InChI=1S/C13H18F3N5O/c14-13(15,16)12-19-10(9-6-18-3-5-21(9)12)11(22)20-4-1-2-8(17)7-20/h8,18H,1-7,17H2. The van der Waals surface area contributed by atoms with Gasteiger partial charge in [0, 0.05) is 38.8 Å². The first-order valence-electron chi connectivity index (χ1n) is 7.30. The number of hydrogen-bond donors (Lipinski definition) is 2. The van der Waals surface area contributed by atoms with Crippen LogP contribution in [0.2, 0.25) is 0 Å². The highest BCUT2D eigenvalue weighted by Crippen LogP contribution is 2.31. The Labute approximate surface area is 125 Å². The Morgan fingerprint density at radius 1 is 1.36 bits per heavy atom. The van der Waals surface area contributed by atoms with E-state index in [2.05, 4.69) is 10.3 Å². The minimum atomic E-state index is -4.57. The number of carbonyl (C=O) groups excluding carboxylic acids is 1. The molecule has 1 unspecified atom stereocenters. The normalized spacial score (nSPS) is 22.5. The largest absolute Gasteiger partial charge is 0.449 e. The van der Waals surface area contributed by atoms with E-state index >= 15 is 0 Å². The van der Waals surface area contributed by atoms with Crippen LogP contribution in [0.3, 0.4) is 0 Å². The fraction of sp³-hybridized carbons (Fsp3) is 0.692. The molecule has 1 aromatic heterocycles. The highest BCUT2D eigenvalue weighted by atomic mass is 19.4. The molecule has 0 spiro atoms. The van der Waals surface area contributed by atoms with Gasteiger partial charge in [0.1, 0.15) is 0 Å². The fourth-order valence-electron chi connectivity index (χ4n) is 3.04. The zero-order valence-electron chi connectivity index (χ0n) is 12.0. The van der Waals surface area contributed by atoms with Crippen molar-refractivity contribution < 1.29 is 18.0 Å². The molecule has 3 heterocycles. The summed E-state index contributed by atoms with van der Waals surface area (Å²) in [6, 6.07) is -0.128. The number of fused-ring (bicyclic) bond motifs is 1. The Hall–Kier alpha value is -1.61. The van der Waals surface area contributed by atoms with Crippen molar-refractivity contribution in [3.63, 3.8) is 0 Å². The molecule has 22 heavy (non-hydrogen) atoms. The van der Waals surface area contributed by atoms with Crippen LogP contribution in [0.4, 0.5) is 13.2 Å². The molecule has 2 aliphatic heterocycles. The molecular weight excluding hydrogens is 299 g/mol. The van der Waals surface area contributed by atoms with Crippen LogP contribution in [-0.4, -0.2) is 46.0 Å². The molecule has 1 amide bonds. The minimum absolute atomic E-state index is 0.103. The summed E-state index contributed by atoms with van der Waals surface area (Å²) in [5, 5.41) is 2.99. The molecule has 6 nitrogen and oxygen atoms in total. The average molecular weight is 317 g/mol. The predicted octanol–water partition coefficient (Wildman–Crippen LogP) is 0.568.